The summed E-state index contributed by atoms with van der Waals surface area (Å²) in [6.07, 6.45) is -2.12. The van der Waals surface area contributed by atoms with Gasteiger partial charge in [0.05, 0.1) is 16.6 Å². The first kappa shape index (κ1) is 10.6. The van der Waals surface area contributed by atoms with Crippen molar-refractivity contribution in [3.63, 3.8) is 0 Å². The van der Waals surface area contributed by atoms with E-state index in [1.807, 2.05) is 0 Å². The Morgan fingerprint density at radius 2 is 2.00 bits per heavy atom. The monoisotopic (exact) mass is 240 g/mol. The zero-order valence-electron chi connectivity index (χ0n) is 9.25. The van der Waals surface area contributed by atoms with E-state index in [0.717, 1.165) is 24.7 Å². The number of rotatable bonds is 1. The number of aryl methyl sites for hydroxylation is 1. The van der Waals surface area contributed by atoms with Gasteiger partial charge in [0.2, 0.25) is 0 Å². The highest BCUT2D eigenvalue weighted by atomic mass is 19.4. The summed E-state index contributed by atoms with van der Waals surface area (Å²) in [6, 6.07) is 3.71. The second kappa shape index (κ2) is 3.24. The topological polar surface area (TPSA) is 17.8 Å². The number of hydrogen-bond acceptors (Lipinski definition) is 1. The largest absolute Gasteiger partial charge is 0.416 e. The summed E-state index contributed by atoms with van der Waals surface area (Å²) in [7, 11) is 1.78. The summed E-state index contributed by atoms with van der Waals surface area (Å²) < 4.78 is 39.6. The molecule has 0 saturated heterocycles. The van der Waals surface area contributed by atoms with Gasteiger partial charge in [0.15, 0.2) is 0 Å². The molecule has 0 atom stereocenters. The van der Waals surface area contributed by atoms with Crippen molar-refractivity contribution in [2.45, 2.75) is 24.9 Å². The summed E-state index contributed by atoms with van der Waals surface area (Å²) in [5.74, 6) is 1.33. The van der Waals surface area contributed by atoms with Gasteiger partial charge in [-0.2, -0.15) is 13.2 Å². The van der Waals surface area contributed by atoms with Gasteiger partial charge in [-0.3, -0.25) is 0 Å². The first-order chi connectivity index (χ1) is 7.97. The minimum absolute atomic E-state index is 0.432. The van der Waals surface area contributed by atoms with Crippen molar-refractivity contribution in [3.8, 4) is 0 Å². The maximum Gasteiger partial charge on any atom is 0.416 e. The van der Waals surface area contributed by atoms with Gasteiger partial charge in [-0.25, -0.2) is 4.98 Å². The van der Waals surface area contributed by atoms with Crippen molar-refractivity contribution in [3.05, 3.63) is 29.6 Å². The molecule has 1 heterocycles. The first-order valence-corrected chi connectivity index (χ1v) is 5.50. The molecule has 0 spiro atoms. The quantitative estimate of drug-likeness (QED) is 0.746. The summed E-state index contributed by atoms with van der Waals surface area (Å²) in [5.41, 5.74) is 0.583. The lowest BCUT2D eigenvalue weighted by Gasteiger charge is -2.06. The number of alkyl halides is 3. The van der Waals surface area contributed by atoms with Gasteiger partial charge in [-0.15, -0.1) is 0 Å². The van der Waals surface area contributed by atoms with Crippen molar-refractivity contribution in [2.75, 3.05) is 0 Å². The lowest BCUT2D eigenvalue weighted by atomic mass is 10.2. The molecule has 1 saturated carbocycles. The number of fused-ring (bicyclic) bond motifs is 1. The van der Waals surface area contributed by atoms with Crippen LogP contribution in [0.15, 0.2) is 18.2 Å². The second-order valence-corrected chi connectivity index (χ2v) is 4.50. The zero-order valence-corrected chi connectivity index (χ0v) is 9.25. The van der Waals surface area contributed by atoms with Crippen LogP contribution in [0.1, 0.15) is 30.1 Å². The molecule has 1 aliphatic rings. The SMILES string of the molecule is Cn1c(C2CC2)nc2ccc(C(F)(F)F)cc21. The van der Waals surface area contributed by atoms with E-state index in [1.54, 1.807) is 11.6 Å². The Labute approximate surface area is 96.1 Å². The summed E-state index contributed by atoms with van der Waals surface area (Å²) in [4.78, 5) is 4.39. The minimum Gasteiger partial charge on any atom is -0.331 e. The summed E-state index contributed by atoms with van der Waals surface area (Å²) in [5, 5.41) is 0. The van der Waals surface area contributed by atoms with Gasteiger partial charge in [-0.05, 0) is 31.0 Å². The Bertz CT molecular complexity index is 579. The number of aromatic nitrogens is 2. The Kier molecular flexibility index (Phi) is 2.03. The average molecular weight is 240 g/mol. The Hall–Kier alpha value is -1.52. The maximum absolute atomic E-state index is 12.6. The Morgan fingerprint density at radius 1 is 1.29 bits per heavy atom. The fourth-order valence-corrected chi connectivity index (χ4v) is 2.09. The van der Waals surface area contributed by atoms with Gasteiger partial charge in [0, 0.05) is 13.0 Å². The highest BCUT2D eigenvalue weighted by Gasteiger charge is 2.32. The summed E-state index contributed by atoms with van der Waals surface area (Å²) >= 11 is 0. The molecule has 0 radical (unpaired) electrons. The van der Waals surface area contributed by atoms with E-state index in [9.17, 15) is 13.2 Å². The maximum atomic E-state index is 12.6. The van der Waals surface area contributed by atoms with Crippen molar-refractivity contribution in [1.29, 1.82) is 0 Å². The molecule has 90 valence electrons. The van der Waals surface area contributed by atoms with E-state index in [2.05, 4.69) is 4.98 Å². The van der Waals surface area contributed by atoms with Crippen LogP contribution in [0, 0.1) is 0 Å². The van der Waals surface area contributed by atoms with Crippen molar-refractivity contribution >= 4 is 11.0 Å². The van der Waals surface area contributed by atoms with Crippen LogP contribution in [0.3, 0.4) is 0 Å². The van der Waals surface area contributed by atoms with Crippen molar-refractivity contribution in [2.24, 2.45) is 7.05 Å². The zero-order chi connectivity index (χ0) is 12.2. The van der Waals surface area contributed by atoms with Gasteiger partial charge in [-0.1, -0.05) is 0 Å². The molecular weight excluding hydrogens is 229 g/mol. The van der Waals surface area contributed by atoms with Crippen LogP contribution in [0.4, 0.5) is 13.2 Å². The number of benzene rings is 1. The van der Waals surface area contributed by atoms with E-state index in [1.165, 1.54) is 12.1 Å². The number of imidazole rings is 1. The fraction of sp³-hybridized carbons (Fsp3) is 0.417. The predicted octanol–water partition coefficient (Wildman–Crippen LogP) is 3.47. The number of hydrogen-bond donors (Lipinski definition) is 0. The van der Waals surface area contributed by atoms with Crippen LogP contribution in [0.25, 0.3) is 11.0 Å². The molecule has 2 nitrogen and oxygen atoms in total. The molecular formula is C12H11F3N2. The van der Waals surface area contributed by atoms with Gasteiger partial charge in [0.1, 0.15) is 5.82 Å². The molecule has 0 N–H and O–H groups in total. The lowest BCUT2D eigenvalue weighted by molar-refractivity contribution is -0.137. The molecule has 5 heteroatoms. The van der Waals surface area contributed by atoms with Crippen LogP contribution in [0.2, 0.25) is 0 Å². The van der Waals surface area contributed by atoms with E-state index in [0.29, 0.717) is 17.0 Å². The van der Waals surface area contributed by atoms with Gasteiger partial charge < -0.3 is 4.57 Å². The van der Waals surface area contributed by atoms with Crippen LogP contribution < -0.4 is 0 Å². The van der Waals surface area contributed by atoms with E-state index < -0.39 is 11.7 Å². The molecule has 2 aromatic rings. The molecule has 1 aromatic heterocycles. The number of halogens is 3. The van der Waals surface area contributed by atoms with Crippen molar-refractivity contribution in [1.82, 2.24) is 9.55 Å². The Balaban J connectivity index is 2.18. The Morgan fingerprint density at radius 3 is 2.59 bits per heavy atom. The van der Waals surface area contributed by atoms with Crippen LogP contribution in [0.5, 0.6) is 0 Å². The van der Waals surface area contributed by atoms with Gasteiger partial charge in [0.25, 0.3) is 0 Å². The molecule has 3 rings (SSSR count). The standard InChI is InChI=1S/C12H11F3N2/c1-17-10-6-8(12(13,14)15)4-5-9(10)16-11(17)7-2-3-7/h4-7H,2-3H2,1H3. The molecule has 0 bridgehead atoms. The third kappa shape index (κ3) is 1.69. The highest BCUT2D eigenvalue weighted by Crippen LogP contribution is 2.40. The molecule has 0 aliphatic heterocycles. The van der Waals surface area contributed by atoms with Crippen LogP contribution in [-0.4, -0.2) is 9.55 Å². The molecule has 17 heavy (non-hydrogen) atoms. The van der Waals surface area contributed by atoms with Crippen molar-refractivity contribution < 1.29 is 13.2 Å². The predicted molar refractivity (Wildman–Crippen MR) is 57.7 cm³/mol. The normalized spacial score (nSPS) is 16.7. The molecule has 0 amide bonds. The van der Waals surface area contributed by atoms with Gasteiger partial charge >= 0.3 is 6.18 Å². The average Bonchev–Trinajstić information content (AvgIpc) is 3.03. The van der Waals surface area contributed by atoms with Crippen LogP contribution >= 0.6 is 0 Å². The third-order valence-corrected chi connectivity index (χ3v) is 3.19. The lowest BCUT2D eigenvalue weighted by Crippen LogP contribution is -2.04. The molecule has 0 unspecified atom stereocenters. The molecule has 1 aliphatic carbocycles. The fourth-order valence-electron chi connectivity index (χ4n) is 2.09. The highest BCUT2D eigenvalue weighted by molar-refractivity contribution is 5.77. The molecule has 1 aromatic carbocycles. The van der Waals surface area contributed by atoms with E-state index in [-0.39, 0.29) is 0 Å². The second-order valence-electron chi connectivity index (χ2n) is 4.50. The van der Waals surface area contributed by atoms with Crippen LogP contribution in [-0.2, 0) is 13.2 Å². The third-order valence-electron chi connectivity index (χ3n) is 3.19. The number of nitrogens with zero attached hydrogens (tertiary/aromatic N) is 2. The summed E-state index contributed by atoms with van der Waals surface area (Å²) in [6.45, 7) is 0. The first-order valence-electron chi connectivity index (χ1n) is 5.50. The smallest absolute Gasteiger partial charge is 0.331 e. The minimum atomic E-state index is -4.29. The van der Waals surface area contributed by atoms with E-state index >= 15 is 0 Å². The van der Waals surface area contributed by atoms with E-state index in [4.69, 9.17) is 0 Å². The molecule has 1 fully saturated rings.